The van der Waals surface area contributed by atoms with Crippen LogP contribution in [0.2, 0.25) is 0 Å². The van der Waals surface area contributed by atoms with Gasteiger partial charge in [0.1, 0.15) is 5.82 Å². The van der Waals surface area contributed by atoms with E-state index in [-0.39, 0.29) is 12.4 Å². The monoisotopic (exact) mass is 369 g/mol. The van der Waals surface area contributed by atoms with Crippen LogP contribution in [-0.2, 0) is 13.0 Å². The van der Waals surface area contributed by atoms with Crippen LogP contribution in [0.4, 0.5) is 10.2 Å². The Morgan fingerprint density at radius 1 is 1.22 bits per heavy atom. The Kier molecular flexibility index (Phi) is 5.70. The van der Waals surface area contributed by atoms with Gasteiger partial charge in [0, 0.05) is 24.0 Å². The van der Waals surface area contributed by atoms with Crippen molar-refractivity contribution in [1.29, 1.82) is 0 Å². The number of aromatic nitrogens is 5. The van der Waals surface area contributed by atoms with Gasteiger partial charge in [-0.15, -0.1) is 0 Å². The standard InChI is InChI=1S/C18H20FN7O/c1-11-12(2)24-17(18(27)21-10-14-4-3-5-15(19)25-14)26-16(11)20-7-6-13-8-22-23-9-13/h3-5,8-9H,6-7,10H2,1-2H3,(H,21,27)(H,22,23)(H,20,24,26). The Labute approximate surface area is 155 Å². The Balaban J connectivity index is 1.65. The number of carbonyl (C=O) groups excluding carboxylic acids is 1. The topological polar surface area (TPSA) is 108 Å². The Hall–Kier alpha value is -3.36. The molecule has 0 aromatic carbocycles. The molecule has 0 radical (unpaired) electrons. The number of carbonyl (C=O) groups is 1. The number of hydrogen-bond donors (Lipinski definition) is 3. The zero-order valence-corrected chi connectivity index (χ0v) is 15.1. The van der Waals surface area contributed by atoms with Gasteiger partial charge in [-0.3, -0.25) is 9.89 Å². The summed E-state index contributed by atoms with van der Waals surface area (Å²) in [7, 11) is 0. The fraction of sp³-hybridized carbons (Fsp3) is 0.278. The second-order valence-electron chi connectivity index (χ2n) is 6.02. The van der Waals surface area contributed by atoms with E-state index in [9.17, 15) is 9.18 Å². The maximum absolute atomic E-state index is 13.1. The molecule has 3 aromatic rings. The van der Waals surface area contributed by atoms with Crippen molar-refractivity contribution < 1.29 is 9.18 Å². The highest BCUT2D eigenvalue weighted by Gasteiger charge is 2.14. The smallest absolute Gasteiger partial charge is 0.289 e. The number of aryl methyl sites for hydroxylation is 1. The number of anilines is 1. The van der Waals surface area contributed by atoms with Crippen molar-refractivity contribution in [3.05, 3.63) is 64.9 Å². The molecular formula is C18H20FN7O. The predicted octanol–water partition coefficient (Wildman–Crippen LogP) is 1.94. The second kappa shape index (κ2) is 8.35. The summed E-state index contributed by atoms with van der Waals surface area (Å²) in [6.45, 7) is 4.46. The van der Waals surface area contributed by atoms with Gasteiger partial charge in [0.15, 0.2) is 0 Å². The summed E-state index contributed by atoms with van der Waals surface area (Å²) in [5.41, 5.74) is 3.09. The summed E-state index contributed by atoms with van der Waals surface area (Å²) in [5, 5.41) is 12.6. The summed E-state index contributed by atoms with van der Waals surface area (Å²) >= 11 is 0. The highest BCUT2D eigenvalue weighted by atomic mass is 19.1. The third-order valence-corrected chi connectivity index (χ3v) is 4.06. The number of amides is 1. The van der Waals surface area contributed by atoms with Gasteiger partial charge in [-0.05, 0) is 38.0 Å². The molecule has 0 fully saturated rings. The normalized spacial score (nSPS) is 10.6. The first-order valence-electron chi connectivity index (χ1n) is 8.49. The lowest BCUT2D eigenvalue weighted by atomic mass is 10.2. The maximum atomic E-state index is 13.1. The number of nitrogens with one attached hydrogen (secondary N) is 3. The molecule has 3 rings (SSSR count). The number of pyridine rings is 1. The average Bonchev–Trinajstić information content (AvgIpc) is 3.16. The zero-order chi connectivity index (χ0) is 19.2. The van der Waals surface area contributed by atoms with Crippen molar-refractivity contribution in [2.24, 2.45) is 0 Å². The number of H-pyrrole nitrogens is 1. The van der Waals surface area contributed by atoms with Crippen LogP contribution in [0.25, 0.3) is 0 Å². The summed E-state index contributed by atoms with van der Waals surface area (Å²) in [5.74, 6) is -0.365. The molecule has 0 saturated carbocycles. The van der Waals surface area contributed by atoms with Crippen LogP contribution in [-0.4, -0.2) is 37.6 Å². The van der Waals surface area contributed by atoms with Crippen LogP contribution >= 0.6 is 0 Å². The molecule has 3 aromatic heterocycles. The van der Waals surface area contributed by atoms with Crippen molar-refractivity contribution in [2.75, 3.05) is 11.9 Å². The van der Waals surface area contributed by atoms with Crippen LogP contribution in [0.3, 0.4) is 0 Å². The lowest BCUT2D eigenvalue weighted by Crippen LogP contribution is -2.26. The Morgan fingerprint density at radius 3 is 2.81 bits per heavy atom. The molecule has 3 heterocycles. The second-order valence-corrected chi connectivity index (χ2v) is 6.02. The fourth-order valence-electron chi connectivity index (χ4n) is 2.44. The molecule has 0 aliphatic carbocycles. The number of halogens is 1. The van der Waals surface area contributed by atoms with E-state index in [0.29, 0.717) is 23.8 Å². The number of nitrogens with zero attached hydrogens (tertiary/aromatic N) is 4. The minimum absolute atomic E-state index is 0.0558. The molecule has 0 bridgehead atoms. The molecule has 0 atom stereocenters. The van der Waals surface area contributed by atoms with Crippen LogP contribution in [0.5, 0.6) is 0 Å². The average molecular weight is 369 g/mol. The first-order chi connectivity index (χ1) is 13.0. The van der Waals surface area contributed by atoms with Crippen LogP contribution in [0.15, 0.2) is 30.6 Å². The summed E-state index contributed by atoms with van der Waals surface area (Å²) in [4.78, 5) is 24.7. The summed E-state index contributed by atoms with van der Waals surface area (Å²) in [6, 6.07) is 4.42. The lowest BCUT2D eigenvalue weighted by Gasteiger charge is -2.12. The van der Waals surface area contributed by atoms with E-state index in [1.54, 1.807) is 18.3 Å². The Morgan fingerprint density at radius 2 is 2.07 bits per heavy atom. The van der Waals surface area contributed by atoms with Crippen molar-refractivity contribution in [3.8, 4) is 0 Å². The molecule has 9 heteroatoms. The van der Waals surface area contributed by atoms with E-state index in [0.717, 1.165) is 17.5 Å². The largest absolute Gasteiger partial charge is 0.369 e. The van der Waals surface area contributed by atoms with Crippen molar-refractivity contribution in [3.63, 3.8) is 0 Å². The van der Waals surface area contributed by atoms with E-state index < -0.39 is 11.9 Å². The lowest BCUT2D eigenvalue weighted by molar-refractivity contribution is 0.0939. The third kappa shape index (κ3) is 4.84. The molecular weight excluding hydrogens is 349 g/mol. The van der Waals surface area contributed by atoms with E-state index in [1.165, 1.54) is 6.07 Å². The van der Waals surface area contributed by atoms with Crippen molar-refractivity contribution >= 4 is 11.7 Å². The summed E-state index contributed by atoms with van der Waals surface area (Å²) < 4.78 is 13.1. The highest BCUT2D eigenvalue weighted by Crippen LogP contribution is 2.15. The Bertz CT molecular complexity index is 927. The van der Waals surface area contributed by atoms with Crippen molar-refractivity contribution in [2.45, 2.75) is 26.8 Å². The van der Waals surface area contributed by atoms with Gasteiger partial charge in [-0.1, -0.05) is 6.07 Å². The molecule has 1 amide bonds. The zero-order valence-electron chi connectivity index (χ0n) is 15.1. The molecule has 0 aliphatic rings. The number of aromatic amines is 1. The van der Waals surface area contributed by atoms with Crippen LogP contribution in [0.1, 0.15) is 33.1 Å². The molecule has 0 spiro atoms. The molecule has 0 aliphatic heterocycles. The van der Waals surface area contributed by atoms with Gasteiger partial charge in [0.2, 0.25) is 11.8 Å². The highest BCUT2D eigenvalue weighted by molar-refractivity contribution is 5.90. The third-order valence-electron chi connectivity index (χ3n) is 4.06. The van der Waals surface area contributed by atoms with E-state index in [4.69, 9.17) is 0 Å². The van der Waals surface area contributed by atoms with E-state index in [1.807, 2.05) is 20.0 Å². The van der Waals surface area contributed by atoms with Gasteiger partial charge >= 0.3 is 0 Å². The quantitative estimate of drug-likeness (QED) is 0.549. The van der Waals surface area contributed by atoms with E-state index in [2.05, 4.69) is 35.8 Å². The minimum atomic E-state index is -0.590. The van der Waals surface area contributed by atoms with E-state index >= 15 is 0 Å². The van der Waals surface area contributed by atoms with Crippen molar-refractivity contribution in [1.82, 2.24) is 30.5 Å². The van der Waals surface area contributed by atoms with Gasteiger partial charge in [-0.2, -0.15) is 9.49 Å². The summed E-state index contributed by atoms with van der Waals surface area (Å²) in [6.07, 6.45) is 4.37. The maximum Gasteiger partial charge on any atom is 0.289 e. The van der Waals surface area contributed by atoms with Gasteiger partial charge < -0.3 is 10.6 Å². The van der Waals surface area contributed by atoms with Gasteiger partial charge in [0.25, 0.3) is 5.91 Å². The number of rotatable bonds is 7. The first-order valence-corrected chi connectivity index (χ1v) is 8.49. The molecule has 0 saturated heterocycles. The molecule has 3 N–H and O–H groups in total. The SMILES string of the molecule is Cc1nc(C(=O)NCc2cccc(F)n2)nc(NCCc2cn[nH]c2)c1C. The van der Waals surface area contributed by atoms with Crippen LogP contribution in [0, 0.1) is 19.8 Å². The first kappa shape index (κ1) is 18.4. The molecule has 0 unspecified atom stereocenters. The minimum Gasteiger partial charge on any atom is -0.369 e. The van der Waals surface area contributed by atoms with Crippen LogP contribution < -0.4 is 10.6 Å². The van der Waals surface area contributed by atoms with Gasteiger partial charge in [0.05, 0.1) is 18.4 Å². The van der Waals surface area contributed by atoms with Gasteiger partial charge in [-0.25, -0.2) is 15.0 Å². The molecule has 140 valence electrons. The number of hydrogen-bond acceptors (Lipinski definition) is 6. The fourth-order valence-corrected chi connectivity index (χ4v) is 2.44. The predicted molar refractivity (Wildman–Crippen MR) is 97.7 cm³/mol. The molecule has 27 heavy (non-hydrogen) atoms. The molecule has 8 nitrogen and oxygen atoms in total.